The topological polar surface area (TPSA) is 47.9 Å². The first kappa shape index (κ1) is 20.5. The van der Waals surface area contributed by atoms with E-state index in [0.717, 1.165) is 25.5 Å². The van der Waals surface area contributed by atoms with Gasteiger partial charge in [0.05, 0.1) is 0 Å². The van der Waals surface area contributed by atoms with Gasteiger partial charge in [-0.1, -0.05) is 19.8 Å². The molecule has 1 atom stereocenters. The van der Waals surface area contributed by atoms with Crippen LogP contribution in [-0.4, -0.2) is 61.4 Å². The van der Waals surface area contributed by atoms with Crippen molar-refractivity contribution in [2.45, 2.75) is 58.4 Å². The number of hydrogen-bond donors (Lipinski definition) is 1. The van der Waals surface area contributed by atoms with Crippen molar-refractivity contribution in [3.05, 3.63) is 0 Å². The molecule has 1 amide bonds. The van der Waals surface area contributed by atoms with Crippen LogP contribution in [0, 0.1) is 5.41 Å². The van der Waals surface area contributed by atoms with Crippen LogP contribution in [0.2, 0.25) is 0 Å². The Balaban J connectivity index is 0.00000264. The van der Waals surface area contributed by atoms with Crippen LogP contribution in [0.4, 0.5) is 0 Å². The third-order valence-corrected chi connectivity index (χ3v) is 5.25. The number of hydrogen-bond acceptors (Lipinski definition) is 2. The van der Waals surface area contributed by atoms with Gasteiger partial charge in [0.25, 0.3) is 0 Å². The first-order valence-electron chi connectivity index (χ1n) is 8.72. The minimum atomic E-state index is 0. The Bertz CT molecular complexity index is 419. The lowest BCUT2D eigenvalue weighted by atomic mass is 9.86. The lowest BCUT2D eigenvalue weighted by molar-refractivity contribution is -0.127. The van der Waals surface area contributed by atoms with Crippen LogP contribution in [0.3, 0.4) is 0 Å². The highest BCUT2D eigenvalue weighted by Crippen LogP contribution is 2.45. The highest BCUT2D eigenvalue weighted by Gasteiger charge is 2.41. The maximum absolute atomic E-state index is 11.8. The molecular formula is C17H33IN4O. The molecule has 1 heterocycles. The van der Waals surface area contributed by atoms with Gasteiger partial charge >= 0.3 is 0 Å². The Morgan fingerprint density at radius 2 is 1.96 bits per heavy atom. The minimum Gasteiger partial charge on any atom is -0.354 e. The number of rotatable bonds is 4. The van der Waals surface area contributed by atoms with Gasteiger partial charge in [-0.25, -0.2) is 4.99 Å². The number of nitrogens with zero attached hydrogens (tertiary/aromatic N) is 3. The summed E-state index contributed by atoms with van der Waals surface area (Å²) in [6, 6.07) is 0.383. The molecule has 6 heteroatoms. The Morgan fingerprint density at radius 1 is 1.30 bits per heavy atom. The first-order valence-corrected chi connectivity index (χ1v) is 8.72. The SMILES string of the molecule is CCC(C)NC(=NCC(=O)N(C)C)N1CCC2(CCCC2)C1.I. The molecule has 0 aromatic carbocycles. The molecule has 0 aromatic heterocycles. The second-order valence-electron chi connectivity index (χ2n) is 7.26. The molecule has 134 valence electrons. The average Bonchev–Trinajstić information content (AvgIpc) is 3.13. The van der Waals surface area contributed by atoms with Crippen molar-refractivity contribution < 1.29 is 4.79 Å². The molecule has 0 bridgehead atoms. The van der Waals surface area contributed by atoms with Crippen molar-refractivity contribution in [2.75, 3.05) is 33.7 Å². The van der Waals surface area contributed by atoms with E-state index in [9.17, 15) is 4.79 Å². The van der Waals surface area contributed by atoms with Crippen LogP contribution >= 0.6 is 24.0 Å². The quantitative estimate of drug-likeness (QED) is 0.419. The van der Waals surface area contributed by atoms with Gasteiger partial charge in [0.2, 0.25) is 5.91 Å². The molecule has 2 rings (SSSR count). The number of likely N-dealkylation sites (tertiary alicyclic amines) is 1. The Morgan fingerprint density at radius 3 is 2.52 bits per heavy atom. The normalized spacial score (nSPS) is 21.2. The summed E-state index contributed by atoms with van der Waals surface area (Å²) in [6.07, 6.45) is 7.79. The van der Waals surface area contributed by atoms with Crippen LogP contribution in [0.15, 0.2) is 4.99 Å². The minimum absolute atomic E-state index is 0. The highest BCUT2D eigenvalue weighted by atomic mass is 127. The van der Waals surface area contributed by atoms with E-state index in [1.54, 1.807) is 19.0 Å². The molecule has 2 aliphatic rings. The monoisotopic (exact) mass is 436 g/mol. The molecule has 1 saturated heterocycles. The summed E-state index contributed by atoms with van der Waals surface area (Å²) in [5.74, 6) is 0.978. The fourth-order valence-corrected chi connectivity index (χ4v) is 3.49. The van der Waals surface area contributed by atoms with Gasteiger partial charge in [-0.05, 0) is 38.0 Å². The maximum Gasteiger partial charge on any atom is 0.243 e. The predicted octanol–water partition coefficient (Wildman–Crippen LogP) is 2.70. The zero-order valence-corrected chi connectivity index (χ0v) is 17.4. The highest BCUT2D eigenvalue weighted by molar-refractivity contribution is 14.0. The molecule has 23 heavy (non-hydrogen) atoms. The van der Waals surface area contributed by atoms with Gasteiger partial charge in [0, 0.05) is 33.2 Å². The van der Waals surface area contributed by atoms with E-state index >= 15 is 0 Å². The second-order valence-corrected chi connectivity index (χ2v) is 7.26. The van der Waals surface area contributed by atoms with E-state index in [1.165, 1.54) is 32.1 Å². The standard InChI is InChI=1S/C17H32N4O.HI/c1-5-14(2)19-16(18-12-15(22)20(3)4)21-11-10-17(13-21)8-6-7-9-17;/h14H,5-13H2,1-4H3,(H,18,19);1H. The molecule has 1 N–H and O–H groups in total. The number of nitrogens with one attached hydrogen (secondary N) is 1. The third-order valence-electron chi connectivity index (χ3n) is 5.25. The van der Waals surface area contributed by atoms with Crippen LogP contribution in [0.1, 0.15) is 52.4 Å². The smallest absolute Gasteiger partial charge is 0.243 e. The van der Waals surface area contributed by atoms with Gasteiger partial charge in [0.15, 0.2) is 5.96 Å². The molecular weight excluding hydrogens is 403 g/mol. The maximum atomic E-state index is 11.8. The third kappa shape index (κ3) is 5.50. The van der Waals surface area contributed by atoms with Crippen molar-refractivity contribution >= 4 is 35.8 Å². The summed E-state index contributed by atoms with van der Waals surface area (Å²) in [5, 5.41) is 3.51. The number of carbonyl (C=O) groups excluding carboxylic acids is 1. The molecule has 5 nitrogen and oxygen atoms in total. The Hall–Kier alpha value is -0.530. The lowest BCUT2D eigenvalue weighted by Gasteiger charge is -2.27. The number of likely N-dealkylation sites (N-methyl/N-ethyl adjacent to an activating group) is 1. The fourth-order valence-electron chi connectivity index (χ4n) is 3.49. The van der Waals surface area contributed by atoms with Gasteiger partial charge in [-0.3, -0.25) is 4.79 Å². The molecule has 1 spiro atoms. The number of amides is 1. The lowest BCUT2D eigenvalue weighted by Crippen LogP contribution is -2.45. The van der Waals surface area contributed by atoms with E-state index in [4.69, 9.17) is 0 Å². The fraction of sp³-hybridized carbons (Fsp3) is 0.882. The summed E-state index contributed by atoms with van der Waals surface area (Å²) in [5.41, 5.74) is 0.517. The Labute approximate surface area is 158 Å². The largest absolute Gasteiger partial charge is 0.354 e. The van der Waals surface area contributed by atoms with E-state index in [1.807, 2.05) is 0 Å². The van der Waals surface area contributed by atoms with Gasteiger partial charge < -0.3 is 15.1 Å². The Kier molecular flexibility index (Phi) is 8.10. The first-order chi connectivity index (χ1) is 10.5. The van der Waals surface area contributed by atoms with Gasteiger partial charge in [0.1, 0.15) is 6.54 Å². The molecule has 1 saturated carbocycles. The zero-order valence-electron chi connectivity index (χ0n) is 15.1. The summed E-state index contributed by atoms with van der Waals surface area (Å²) < 4.78 is 0. The van der Waals surface area contributed by atoms with Crippen LogP contribution < -0.4 is 5.32 Å². The van der Waals surface area contributed by atoms with Crippen molar-refractivity contribution in [2.24, 2.45) is 10.4 Å². The number of carbonyl (C=O) groups is 1. The summed E-state index contributed by atoms with van der Waals surface area (Å²) >= 11 is 0. The van der Waals surface area contributed by atoms with Crippen molar-refractivity contribution in [3.8, 4) is 0 Å². The number of halogens is 1. The van der Waals surface area contributed by atoms with E-state index < -0.39 is 0 Å². The molecule has 0 aromatic rings. The van der Waals surface area contributed by atoms with Crippen molar-refractivity contribution in [1.82, 2.24) is 15.1 Å². The molecule has 0 radical (unpaired) electrons. The number of guanidine groups is 1. The van der Waals surface area contributed by atoms with E-state index in [2.05, 4.69) is 29.1 Å². The van der Waals surface area contributed by atoms with Crippen LogP contribution in [0.25, 0.3) is 0 Å². The predicted molar refractivity (Wildman–Crippen MR) is 106 cm³/mol. The van der Waals surface area contributed by atoms with Crippen LogP contribution in [-0.2, 0) is 4.79 Å². The van der Waals surface area contributed by atoms with Crippen molar-refractivity contribution in [1.29, 1.82) is 0 Å². The second kappa shape index (κ2) is 9.08. The average molecular weight is 436 g/mol. The number of aliphatic imine (C=N–C) groups is 1. The molecule has 2 fully saturated rings. The van der Waals surface area contributed by atoms with Gasteiger partial charge in [-0.2, -0.15) is 0 Å². The molecule has 1 aliphatic heterocycles. The summed E-state index contributed by atoms with van der Waals surface area (Å²) in [4.78, 5) is 20.4. The molecule has 1 unspecified atom stereocenters. The van der Waals surface area contributed by atoms with E-state index in [0.29, 0.717) is 11.5 Å². The van der Waals surface area contributed by atoms with Crippen LogP contribution in [0.5, 0.6) is 0 Å². The van der Waals surface area contributed by atoms with Crippen molar-refractivity contribution in [3.63, 3.8) is 0 Å². The zero-order chi connectivity index (χ0) is 16.2. The molecule has 1 aliphatic carbocycles. The summed E-state index contributed by atoms with van der Waals surface area (Å²) in [6.45, 7) is 6.74. The summed E-state index contributed by atoms with van der Waals surface area (Å²) in [7, 11) is 3.56. The van der Waals surface area contributed by atoms with E-state index in [-0.39, 0.29) is 36.4 Å². The van der Waals surface area contributed by atoms with Gasteiger partial charge in [-0.15, -0.1) is 24.0 Å².